The monoisotopic (exact) mass is 325 g/mol. The highest BCUT2D eigenvalue weighted by atomic mass is 16.6. The van der Waals surface area contributed by atoms with Crippen molar-refractivity contribution in [3.8, 4) is 17.6 Å². The number of amides is 1. The molecule has 0 radical (unpaired) electrons. The van der Waals surface area contributed by atoms with Crippen LogP contribution < -0.4 is 10.1 Å². The molecular weight excluding hydrogens is 310 g/mol. The van der Waals surface area contributed by atoms with Gasteiger partial charge in [-0.25, -0.2) is 0 Å². The number of carbonyl (C=O) groups excluding carboxylic acids is 1. The number of hydrogen-bond donors (Lipinski definition) is 1. The van der Waals surface area contributed by atoms with Crippen molar-refractivity contribution >= 4 is 17.3 Å². The largest absolute Gasteiger partial charge is 0.457 e. The van der Waals surface area contributed by atoms with E-state index in [4.69, 9.17) is 10.00 Å². The third-order valence-corrected chi connectivity index (χ3v) is 3.06. The second kappa shape index (κ2) is 7.24. The van der Waals surface area contributed by atoms with Gasteiger partial charge in [-0.05, 0) is 37.1 Å². The van der Waals surface area contributed by atoms with Crippen LogP contribution in [0, 0.1) is 35.3 Å². The lowest BCUT2D eigenvalue weighted by Gasteiger charge is -2.10. The predicted octanol–water partition coefficient (Wildman–Crippen LogP) is 3.86. The molecule has 7 heteroatoms. The molecule has 0 spiro atoms. The first-order valence-corrected chi connectivity index (χ1v) is 7.10. The Morgan fingerprint density at radius 2 is 1.79 bits per heavy atom. The Morgan fingerprint density at radius 1 is 1.17 bits per heavy atom. The van der Waals surface area contributed by atoms with E-state index in [0.29, 0.717) is 5.75 Å². The smallest absolute Gasteiger partial charge is 0.275 e. The molecule has 1 N–H and O–H groups in total. The molecule has 0 aliphatic heterocycles. The number of nitrogens with one attached hydrogen (secondary N) is 1. The average molecular weight is 325 g/mol. The molecule has 2 aromatic carbocycles. The summed E-state index contributed by atoms with van der Waals surface area (Å²) < 4.78 is 5.69. The number of anilines is 1. The van der Waals surface area contributed by atoms with E-state index >= 15 is 0 Å². The van der Waals surface area contributed by atoms with Gasteiger partial charge in [-0.2, -0.15) is 5.26 Å². The molecule has 0 saturated heterocycles. The lowest BCUT2D eigenvalue weighted by molar-refractivity contribution is -0.384. The Bertz CT molecular complexity index is 820. The quantitative estimate of drug-likeness (QED) is 0.664. The van der Waals surface area contributed by atoms with Crippen molar-refractivity contribution < 1.29 is 14.5 Å². The Labute approximate surface area is 138 Å². The fraction of sp³-hybridized carbons (Fsp3) is 0.176. The van der Waals surface area contributed by atoms with E-state index in [0.717, 1.165) is 11.1 Å². The molecule has 0 aliphatic rings. The Kier molecular flexibility index (Phi) is 5.12. The lowest BCUT2D eigenvalue weighted by Crippen LogP contribution is -2.10. The van der Waals surface area contributed by atoms with Crippen LogP contribution in [0.3, 0.4) is 0 Å². The maximum atomic E-state index is 11.5. The molecule has 0 bridgehead atoms. The molecule has 2 aromatic rings. The van der Waals surface area contributed by atoms with Gasteiger partial charge in [-0.1, -0.05) is 6.07 Å². The molecule has 0 saturated carbocycles. The number of nitriles is 1. The maximum Gasteiger partial charge on any atom is 0.275 e. The second-order valence-corrected chi connectivity index (χ2v) is 5.28. The van der Waals surface area contributed by atoms with Crippen LogP contribution in [0.1, 0.15) is 17.5 Å². The molecule has 122 valence electrons. The summed E-state index contributed by atoms with van der Waals surface area (Å²) in [6.07, 6.45) is -0.337. The molecule has 0 aliphatic carbocycles. The fourth-order valence-electron chi connectivity index (χ4n) is 2.22. The van der Waals surface area contributed by atoms with Gasteiger partial charge < -0.3 is 10.1 Å². The number of benzene rings is 2. The Balaban J connectivity index is 2.34. The van der Waals surface area contributed by atoms with E-state index in [9.17, 15) is 14.9 Å². The summed E-state index contributed by atoms with van der Waals surface area (Å²) in [5.41, 5.74) is 1.98. The summed E-state index contributed by atoms with van der Waals surface area (Å²) in [5, 5.41) is 22.0. The van der Waals surface area contributed by atoms with Gasteiger partial charge in [-0.15, -0.1) is 0 Å². The Hall–Kier alpha value is -3.40. The highest BCUT2D eigenvalue weighted by molar-refractivity contribution is 5.92. The molecule has 0 fully saturated rings. The summed E-state index contributed by atoms with van der Waals surface area (Å²) in [7, 11) is 0. The summed E-state index contributed by atoms with van der Waals surface area (Å²) in [4.78, 5) is 22.0. The van der Waals surface area contributed by atoms with Crippen LogP contribution in [0.15, 0.2) is 36.4 Å². The average Bonchev–Trinajstić information content (AvgIpc) is 2.45. The number of nitro benzene ring substituents is 1. The predicted molar refractivity (Wildman–Crippen MR) is 87.9 cm³/mol. The molecule has 1 amide bonds. The van der Waals surface area contributed by atoms with Crippen LogP contribution in [0.5, 0.6) is 11.5 Å². The van der Waals surface area contributed by atoms with Gasteiger partial charge in [0.1, 0.15) is 17.9 Å². The number of rotatable bonds is 5. The van der Waals surface area contributed by atoms with Crippen LogP contribution in [0.25, 0.3) is 0 Å². The second-order valence-electron chi connectivity index (χ2n) is 5.28. The number of nitrogens with zero attached hydrogens (tertiary/aromatic N) is 2. The third kappa shape index (κ3) is 4.55. The molecule has 2 rings (SSSR count). The zero-order valence-corrected chi connectivity index (χ0v) is 13.2. The molecule has 7 nitrogen and oxygen atoms in total. The minimum atomic E-state index is -0.575. The van der Waals surface area contributed by atoms with Crippen LogP contribution in [-0.4, -0.2) is 10.8 Å². The molecular formula is C17H15N3O4. The van der Waals surface area contributed by atoms with Crippen molar-refractivity contribution in [3.05, 3.63) is 57.6 Å². The van der Waals surface area contributed by atoms with E-state index in [1.165, 1.54) is 18.2 Å². The van der Waals surface area contributed by atoms with E-state index < -0.39 is 10.8 Å². The molecule has 0 aromatic heterocycles. The van der Waals surface area contributed by atoms with Crippen molar-refractivity contribution in [1.82, 2.24) is 0 Å². The minimum absolute atomic E-state index is 0.198. The summed E-state index contributed by atoms with van der Waals surface area (Å²) in [5.74, 6) is 0.221. The van der Waals surface area contributed by atoms with E-state index in [1.807, 2.05) is 19.9 Å². The van der Waals surface area contributed by atoms with Crippen LogP contribution in [-0.2, 0) is 4.79 Å². The van der Waals surface area contributed by atoms with Gasteiger partial charge in [-0.3, -0.25) is 14.9 Å². The molecule has 0 atom stereocenters. The van der Waals surface area contributed by atoms with Crippen molar-refractivity contribution in [2.24, 2.45) is 0 Å². The standard InChI is InChI=1S/C17H15N3O4/c1-11-5-12(2)7-15(6-11)24-16-9-13(19-17(21)3-4-18)8-14(10-16)20(22)23/h5-10H,3H2,1-2H3,(H,19,21). The van der Waals surface area contributed by atoms with Crippen LogP contribution in [0.4, 0.5) is 11.4 Å². The summed E-state index contributed by atoms with van der Waals surface area (Å²) in [6.45, 7) is 3.84. The SMILES string of the molecule is Cc1cc(C)cc(Oc2cc(NC(=O)CC#N)cc([N+](=O)[O-])c2)c1. The summed E-state index contributed by atoms with van der Waals surface area (Å²) >= 11 is 0. The fourth-order valence-corrected chi connectivity index (χ4v) is 2.22. The molecule has 0 unspecified atom stereocenters. The first-order chi connectivity index (χ1) is 11.4. The van der Waals surface area contributed by atoms with E-state index in [1.54, 1.807) is 18.2 Å². The molecule has 24 heavy (non-hydrogen) atoms. The number of non-ortho nitro benzene ring substituents is 1. The van der Waals surface area contributed by atoms with Crippen molar-refractivity contribution in [1.29, 1.82) is 5.26 Å². The van der Waals surface area contributed by atoms with Gasteiger partial charge in [0, 0.05) is 12.1 Å². The number of nitro groups is 1. The highest BCUT2D eigenvalue weighted by Crippen LogP contribution is 2.30. The zero-order chi connectivity index (χ0) is 17.7. The first kappa shape index (κ1) is 17.0. The number of ether oxygens (including phenoxy) is 1. The lowest BCUT2D eigenvalue weighted by atomic mass is 10.1. The third-order valence-electron chi connectivity index (χ3n) is 3.06. The van der Waals surface area contributed by atoms with Gasteiger partial charge in [0.15, 0.2) is 0 Å². The number of hydrogen-bond acceptors (Lipinski definition) is 5. The first-order valence-electron chi connectivity index (χ1n) is 7.10. The molecule has 0 heterocycles. The maximum absolute atomic E-state index is 11.5. The van der Waals surface area contributed by atoms with E-state index in [2.05, 4.69) is 5.32 Å². The summed E-state index contributed by atoms with van der Waals surface area (Å²) in [6, 6.07) is 11.3. The normalized spacial score (nSPS) is 9.88. The van der Waals surface area contributed by atoms with Crippen molar-refractivity contribution in [2.45, 2.75) is 20.3 Å². The number of aryl methyl sites for hydroxylation is 2. The van der Waals surface area contributed by atoms with Gasteiger partial charge in [0.2, 0.25) is 5.91 Å². The number of carbonyl (C=O) groups is 1. The Morgan fingerprint density at radius 3 is 2.38 bits per heavy atom. The van der Waals surface area contributed by atoms with E-state index in [-0.39, 0.29) is 23.5 Å². The zero-order valence-electron chi connectivity index (χ0n) is 13.2. The van der Waals surface area contributed by atoms with Gasteiger partial charge >= 0.3 is 0 Å². The van der Waals surface area contributed by atoms with Gasteiger partial charge in [0.25, 0.3) is 5.69 Å². The topological polar surface area (TPSA) is 105 Å². The minimum Gasteiger partial charge on any atom is -0.457 e. The van der Waals surface area contributed by atoms with Crippen molar-refractivity contribution in [2.75, 3.05) is 5.32 Å². The van der Waals surface area contributed by atoms with Crippen LogP contribution >= 0.6 is 0 Å². The highest BCUT2D eigenvalue weighted by Gasteiger charge is 2.13. The van der Waals surface area contributed by atoms with Gasteiger partial charge in [0.05, 0.1) is 22.7 Å². The van der Waals surface area contributed by atoms with Crippen LogP contribution in [0.2, 0.25) is 0 Å². The van der Waals surface area contributed by atoms with Crippen molar-refractivity contribution in [3.63, 3.8) is 0 Å².